The summed E-state index contributed by atoms with van der Waals surface area (Å²) in [6.07, 6.45) is 5.19. The summed E-state index contributed by atoms with van der Waals surface area (Å²) in [5, 5.41) is 0. The van der Waals surface area contributed by atoms with Crippen molar-refractivity contribution < 1.29 is 4.57 Å². The number of allylic oxidation sites excluding steroid dienone is 2. The molecule has 0 spiro atoms. The molecule has 1 aromatic carbocycles. The third kappa shape index (κ3) is 1.33. The lowest BCUT2D eigenvalue weighted by atomic mass is 9.87. The van der Waals surface area contributed by atoms with Crippen LogP contribution in [0.4, 0.5) is 0 Å². The zero-order valence-corrected chi connectivity index (χ0v) is 9.84. The Labute approximate surface area is 90.6 Å². The van der Waals surface area contributed by atoms with E-state index in [1.807, 2.05) is 6.66 Å². The number of benzene rings is 1. The van der Waals surface area contributed by atoms with Gasteiger partial charge in [-0.2, -0.15) is 0 Å². The first-order valence-corrected chi connectivity index (χ1v) is 7.94. The van der Waals surface area contributed by atoms with Crippen LogP contribution >= 0.6 is 7.14 Å². The highest BCUT2D eigenvalue weighted by Crippen LogP contribution is 2.60. The van der Waals surface area contributed by atoms with Crippen LogP contribution in [0.2, 0.25) is 0 Å². The maximum absolute atomic E-state index is 12.3. The van der Waals surface area contributed by atoms with Crippen molar-refractivity contribution in [3.05, 3.63) is 41.5 Å². The molecule has 1 aliphatic carbocycles. The van der Waals surface area contributed by atoms with Gasteiger partial charge in [0, 0.05) is 11.8 Å². The summed E-state index contributed by atoms with van der Waals surface area (Å²) in [6.45, 7) is 1.97. The van der Waals surface area contributed by atoms with Gasteiger partial charge in [0.15, 0.2) is 0 Å². The van der Waals surface area contributed by atoms with Crippen LogP contribution in [0.15, 0.2) is 30.3 Å². The van der Waals surface area contributed by atoms with Crippen molar-refractivity contribution >= 4 is 12.7 Å². The van der Waals surface area contributed by atoms with Gasteiger partial charge in [0.2, 0.25) is 0 Å². The first-order chi connectivity index (χ1) is 7.18. The molecule has 0 unspecified atom stereocenters. The standard InChI is InChI=1S/C13H15OP/c1-15(14)9-8-12-11-5-3-2-4-10(11)6-7-13(12)15/h2-5,8,13H,6-7,9H2,1H3/t13-,15+/m0/s1. The lowest BCUT2D eigenvalue weighted by Crippen LogP contribution is -2.15. The zero-order chi connectivity index (χ0) is 10.5. The maximum Gasteiger partial charge on any atom is 0.0955 e. The van der Waals surface area contributed by atoms with Crippen molar-refractivity contribution in [1.29, 1.82) is 0 Å². The van der Waals surface area contributed by atoms with E-state index in [2.05, 4.69) is 30.3 Å². The van der Waals surface area contributed by atoms with Crippen LogP contribution in [0.3, 0.4) is 0 Å². The Kier molecular flexibility index (Phi) is 1.94. The Balaban J connectivity index is 2.14. The Morgan fingerprint density at radius 2 is 2.13 bits per heavy atom. The topological polar surface area (TPSA) is 17.1 Å². The number of aryl methyl sites for hydroxylation is 1. The lowest BCUT2D eigenvalue weighted by Gasteiger charge is -2.27. The number of fused-ring (bicyclic) bond motifs is 3. The maximum atomic E-state index is 12.3. The van der Waals surface area contributed by atoms with Gasteiger partial charge in [0.1, 0.15) is 0 Å². The fraction of sp³-hybridized carbons (Fsp3) is 0.385. The van der Waals surface area contributed by atoms with Gasteiger partial charge in [0.25, 0.3) is 0 Å². The van der Waals surface area contributed by atoms with Gasteiger partial charge in [-0.25, -0.2) is 0 Å². The Bertz CT molecular complexity index is 487. The summed E-state index contributed by atoms with van der Waals surface area (Å²) in [7, 11) is -1.92. The second-order valence-electron chi connectivity index (χ2n) is 4.73. The molecule has 0 saturated heterocycles. The van der Waals surface area contributed by atoms with Gasteiger partial charge in [-0.3, -0.25) is 0 Å². The van der Waals surface area contributed by atoms with Crippen LogP contribution in [0.25, 0.3) is 5.57 Å². The van der Waals surface area contributed by atoms with Crippen molar-refractivity contribution in [1.82, 2.24) is 0 Å². The van der Waals surface area contributed by atoms with Gasteiger partial charge >= 0.3 is 0 Å². The highest BCUT2D eigenvalue weighted by atomic mass is 31.2. The summed E-state index contributed by atoms with van der Waals surface area (Å²) in [5.74, 6) is 0. The second-order valence-corrected chi connectivity index (χ2v) is 8.06. The average Bonchev–Trinajstić information content (AvgIpc) is 2.55. The minimum absolute atomic E-state index is 0.354. The van der Waals surface area contributed by atoms with E-state index in [1.54, 1.807) is 0 Å². The highest BCUT2D eigenvalue weighted by Gasteiger charge is 2.38. The van der Waals surface area contributed by atoms with Crippen molar-refractivity contribution in [2.45, 2.75) is 18.5 Å². The fourth-order valence-corrected chi connectivity index (χ4v) is 5.19. The molecule has 2 atom stereocenters. The molecule has 0 amide bonds. The number of rotatable bonds is 0. The van der Waals surface area contributed by atoms with Crippen molar-refractivity contribution in [2.75, 3.05) is 12.8 Å². The average molecular weight is 218 g/mol. The fourth-order valence-electron chi connectivity index (χ4n) is 2.87. The van der Waals surface area contributed by atoms with Crippen molar-refractivity contribution in [3.8, 4) is 0 Å². The molecule has 3 rings (SSSR count). The number of hydrogen-bond donors (Lipinski definition) is 0. The first kappa shape index (κ1) is 9.42. The molecule has 0 bridgehead atoms. The minimum Gasteiger partial charge on any atom is -0.323 e. The van der Waals surface area contributed by atoms with Gasteiger partial charge < -0.3 is 4.57 Å². The smallest absolute Gasteiger partial charge is 0.0955 e. The van der Waals surface area contributed by atoms with E-state index < -0.39 is 7.14 Å². The molecular weight excluding hydrogens is 203 g/mol. The predicted octanol–water partition coefficient (Wildman–Crippen LogP) is 3.39. The molecule has 1 aliphatic heterocycles. The van der Waals surface area contributed by atoms with Crippen LogP contribution in [-0.2, 0) is 11.0 Å². The molecule has 15 heavy (non-hydrogen) atoms. The zero-order valence-electron chi connectivity index (χ0n) is 8.94. The molecule has 0 saturated carbocycles. The van der Waals surface area contributed by atoms with Crippen molar-refractivity contribution in [2.24, 2.45) is 0 Å². The van der Waals surface area contributed by atoms with E-state index in [0.717, 1.165) is 19.0 Å². The van der Waals surface area contributed by atoms with Gasteiger partial charge in [-0.1, -0.05) is 30.3 Å². The van der Waals surface area contributed by atoms with E-state index in [9.17, 15) is 4.57 Å². The van der Waals surface area contributed by atoms with Crippen LogP contribution in [0.1, 0.15) is 17.5 Å². The Hall–Kier alpha value is -0.810. The van der Waals surface area contributed by atoms with E-state index in [1.165, 1.54) is 16.7 Å². The lowest BCUT2D eigenvalue weighted by molar-refractivity contribution is 0.574. The van der Waals surface area contributed by atoms with Crippen LogP contribution in [-0.4, -0.2) is 18.5 Å². The minimum atomic E-state index is -1.92. The van der Waals surface area contributed by atoms with Crippen LogP contribution in [0.5, 0.6) is 0 Å². The van der Waals surface area contributed by atoms with Gasteiger partial charge in [-0.15, -0.1) is 0 Å². The van der Waals surface area contributed by atoms with Gasteiger partial charge in [-0.05, 0) is 36.2 Å². The molecule has 0 aromatic heterocycles. The molecule has 0 fully saturated rings. The largest absolute Gasteiger partial charge is 0.323 e. The molecule has 1 heterocycles. The molecule has 2 heteroatoms. The summed E-state index contributed by atoms with van der Waals surface area (Å²) in [4.78, 5) is 0. The summed E-state index contributed by atoms with van der Waals surface area (Å²) in [5.41, 5.74) is 4.50. The molecule has 1 nitrogen and oxygen atoms in total. The third-order valence-electron chi connectivity index (χ3n) is 3.71. The molecular formula is C13H15OP. The third-order valence-corrected chi connectivity index (χ3v) is 6.47. The molecule has 2 aliphatic rings. The van der Waals surface area contributed by atoms with E-state index in [4.69, 9.17) is 0 Å². The van der Waals surface area contributed by atoms with Gasteiger partial charge in [0.05, 0.1) is 7.14 Å². The first-order valence-electron chi connectivity index (χ1n) is 5.53. The van der Waals surface area contributed by atoms with Crippen LogP contribution in [0, 0.1) is 0 Å². The molecule has 1 aromatic rings. The summed E-state index contributed by atoms with van der Waals surface area (Å²) in [6, 6.07) is 8.56. The molecule has 0 radical (unpaired) electrons. The van der Waals surface area contributed by atoms with E-state index in [0.29, 0.717) is 5.66 Å². The van der Waals surface area contributed by atoms with Crippen molar-refractivity contribution in [3.63, 3.8) is 0 Å². The molecule has 78 valence electrons. The summed E-state index contributed by atoms with van der Waals surface area (Å²) < 4.78 is 12.3. The number of hydrogen-bond acceptors (Lipinski definition) is 1. The Morgan fingerprint density at radius 3 is 3.00 bits per heavy atom. The van der Waals surface area contributed by atoms with E-state index >= 15 is 0 Å². The molecule has 0 N–H and O–H groups in total. The summed E-state index contributed by atoms with van der Waals surface area (Å²) >= 11 is 0. The van der Waals surface area contributed by atoms with E-state index in [-0.39, 0.29) is 0 Å². The Morgan fingerprint density at radius 1 is 1.33 bits per heavy atom. The monoisotopic (exact) mass is 218 g/mol. The second kappa shape index (κ2) is 3.09. The SMILES string of the molecule is C[P@@]1(=O)CC=C2c3ccccc3CC[C@@H]21. The highest BCUT2D eigenvalue weighted by molar-refractivity contribution is 7.65. The predicted molar refractivity (Wildman–Crippen MR) is 64.9 cm³/mol. The quantitative estimate of drug-likeness (QED) is 0.610. The van der Waals surface area contributed by atoms with Crippen LogP contribution < -0.4 is 0 Å². The normalized spacial score (nSPS) is 33.1.